The molecule has 0 unspecified atom stereocenters. The van der Waals surface area contributed by atoms with Gasteiger partial charge < -0.3 is 9.80 Å². The summed E-state index contributed by atoms with van der Waals surface area (Å²) in [7, 11) is 0. The Morgan fingerprint density at radius 1 is 1.05 bits per heavy atom. The number of benzene rings is 1. The van der Waals surface area contributed by atoms with Gasteiger partial charge in [-0.2, -0.15) is 13.2 Å². The van der Waals surface area contributed by atoms with Crippen LogP contribution in [0.25, 0.3) is 0 Å². The predicted octanol–water partition coefficient (Wildman–Crippen LogP) is 2.45. The normalized spacial score (nSPS) is 16.8. The van der Waals surface area contributed by atoms with Crippen LogP contribution in [0, 0.1) is 0 Å². The van der Waals surface area contributed by atoms with Gasteiger partial charge in [0.15, 0.2) is 0 Å². The van der Waals surface area contributed by atoms with Crippen molar-refractivity contribution in [3.05, 3.63) is 42.6 Å². The molecule has 2 rings (SSSR count). The number of hydrogen-bond donors (Lipinski definition) is 0. The maximum atomic E-state index is 12.1. The highest BCUT2D eigenvalue weighted by atomic mass is 19.4. The number of anilines is 1. The molecule has 1 heterocycles. The monoisotopic (exact) mass is 284 g/mol. The molecule has 0 aromatic heterocycles. The smallest absolute Gasteiger partial charge is 0.374 e. The summed E-state index contributed by atoms with van der Waals surface area (Å²) in [6, 6.07) is 9.83. The summed E-state index contributed by atoms with van der Waals surface area (Å²) in [5.74, 6) is -1.82. The van der Waals surface area contributed by atoms with E-state index in [-0.39, 0.29) is 0 Å². The summed E-state index contributed by atoms with van der Waals surface area (Å²) < 4.78 is 36.2. The fourth-order valence-electron chi connectivity index (χ4n) is 2.04. The van der Waals surface area contributed by atoms with Gasteiger partial charge in [0.1, 0.15) is 0 Å². The lowest BCUT2D eigenvalue weighted by Gasteiger charge is -2.35. The van der Waals surface area contributed by atoms with Crippen molar-refractivity contribution < 1.29 is 18.0 Å². The first-order valence-electron chi connectivity index (χ1n) is 6.30. The maximum absolute atomic E-state index is 12.1. The third-order valence-electron chi connectivity index (χ3n) is 3.15. The molecule has 0 amide bonds. The van der Waals surface area contributed by atoms with Crippen LogP contribution in [0.15, 0.2) is 42.6 Å². The fourth-order valence-corrected chi connectivity index (χ4v) is 2.04. The van der Waals surface area contributed by atoms with E-state index in [1.807, 2.05) is 30.3 Å². The Kier molecular flexibility index (Phi) is 4.32. The second kappa shape index (κ2) is 5.98. The number of hydrogen-bond acceptors (Lipinski definition) is 3. The first kappa shape index (κ1) is 14.4. The lowest BCUT2D eigenvalue weighted by atomic mass is 10.2. The van der Waals surface area contributed by atoms with Crippen LogP contribution in [0.1, 0.15) is 0 Å². The van der Waals surface area contributed by atoms with Gasteiger partial charge in [-0.1, -0.05) is 18.2 Å². The zero-order chi connectivity index (χ0) is 14.6. The van der Waals surface area contributed by atoms with Crippen LogP contribution in [0.2, 0.25) is 0 Å². The van der Waals surface area contributed by atoms with E-state index in [4.69, 9.17) is 0 Å². The number of alkyl halides is 3. The third kappa shape index (κ3) is 3.76. The molecule has 0 bridgehead atoms. The Morgan fingerprint density at radius 3 is 2.20 bits per heavy atom. The van der Waals surface area contributed by atoms with Gasteiger partial charge in [0.2, 0.25) is 0 Å². The Bertz CT molecular complexity index is 477. The van der Waals surface area contributed by atoms with E-state index < -0.39 is 12.0 Å². The van der Waals surface area contributed by atoms with Crippen molar-refractivity contribution in [2.45, 2.75) is 6.18 Å². The van der Waals surface area contributed by atoms with E-state index in [1.165, 1.54) is 6.20 Å². The molecule has 0 radical (unpaired) electrons. The molecule has 1 fully saturated rings. The first-order valence-corrected chi connectivity index (χ1v) is 6.30. The Morgan fingerprint density at radius 2 is 1.65 bits per heavy atom. The van der Waals surface area contributed by atoms with Gasteiger partial charge in [0, 0.05) is 44.1 Å². The van der Waals surface area contributed by atoms with E-state index in [9.17, 15) is 18.0 Å². The topological polar surface area (TPSA) is 23.6 Å². The average molecular weight is 284 g/mol. The van der Waals surface area contributed by atoms with E-state index in [0.717, 1.165) is 5.69 Å². The summed E-state index contributed by atoms with van der Waals surface area (Å²) in [6.45, 7) is 2.62. The molecule has 0 atom stereocenters. The minimum atomic E-state index is -4.79. The van der Waals surface area contributed by atoms with E-state index >= 15 is 0 Å². The third-order valence-corrected chi connectivity index (χ3v) is 3.15. The molecular weight excluding hydrogens is 269 g/mol. The number of nitrogens with zero attached hydrogens (tertiary/aromatic N) is 2. The highest BCUT2D eigenvalue weighted by Crippen LogP contribution is 2.18. The van der Waals surface area contributed by atoms with Crippen LogP contribution >= 0.6 is 0 Å². The minimum absolute atomic E-state index is 0.594. The summed E-state index contributed by atoms with van der Waals surface area (Å²) >= 11 is 0. The van der Waals surface area contributed by atoms with Crippen molar-refractivity contribution in [3.63, 3.8) is 0 Å². The Hall–Kier alpha value is -1.98. The van der Waals surface area contributed by atoms with Crippen LogP contribution in [0.3, 0.4) is 0 Å². The van der Waals surface area contributed by atoms with Crippen molar-refractivity contribution >= 4 is 11.5 Å². The predicted molar refractivity (Wildman–Crippen MR) is 70.4 cm³/mol. The Labute approximate surface area is 115 Å². The quantitative estimate of drug-likeness (QED) is 0.797. The minimum Gasteiger partial charge on any atom is -0.374 e. The van der Waals surface area contributed by atoms with E-state index in [0.29, 0.717) is 32.3 Å². The van der Waals surface area contributed by atoms with Gasteiger partial charge in [-0.25, -0.2) is 0 Å². The van der Waals surface area contributed by atoms with Gasteiger partial charge in [0.25, 0.3) is 5.78 Å². The van der Waals surface area contributed by atoms with Gasteiger partial charge in [-0.05, 0) is 12.1 Å². The number of para-hydroxylation sites is 1. The van der Waals surface area contributed by atoms with Crippen molar-refractivity contribution in [1.29, 1.82) is 0 Å². The largest absolute Gasteiger partial charge is 0.454 e. The van der Waals surface area contributed by atoms with Crippen molar-refractivity contribution in [2.24, 2.45) is 0 Å². The molecule has 108 valence electrons. The molecule has 1 aliphatic heterocycles. The molecular formula is C14H15F3N2O. The number of ketones is 1. The molecule has 0 spiro atoms. The summed E-state index contributed by atoms with van der Waals surface area (Å²) in [5, 5.41) is 0. The molecule has 1 saturated heterocycles. The number of carbonyl (C=O) groups is 1. The zero-order valence-electron chi connectivity index (χ0n) is 10.8. The van der Waals surface area contributed by atoms with Crippen LogP contribution in [-0.2, 0) is 4.79 Å². The highest BCUT2D eigenvalue weighted by Gasteiger charge is 2.36. The molecule has 1 aliphatic rings. The second-order valence-corrected chi connectivity index (χ2v) is 4.54. The molecule has 3 nitrogen and oxygen atoms in total. The standard InChI is InChI=1S/C14H15F3N2O/c15-14(16,17)13(20)6-7-18-8-10-19(11-9-18)12-4-2-1-3-5-12/h1-7H,8-11H2/b7-6+. The molecule has 1 aromatic carbocycles. The van der Waals surface area contributed by atoms with Crippen LogP contribution in [0.5, 0.6) is 0 Å². The summed E-state index contributed by atoms with van der Waals surface area (Å²) in [4.78, 5) is 14.6. The average Bonchev–Trinajstić information content (AvgIpc) is 2.45. The summed E-state index contributed by atoms with van der Waals surface area (Å²) in [5.41, 5.74) is 1.10. The number of piperazine rings is 1. The van der Waals surface area contributed by atoms with Crippen molar-refractivity contribution in [1.82, 2.24) is 4.90 Å². The summed E-state index contributed by atoms with van der Waals surface area (Å²) in [6.07, 6.45) is -2.96. The fraction of sp³-hybridized carbons (Fsp3) is 0.357. The lowest BCUT2D eigenvalue weighted by Crippen LogP contribution is -2.44. The zero-order valence-corrected chi connectivity index (χ0v) is 10.8. The van der Waals surface area contributed by atoms with Crippen molar-refractivity contribution in [3.8, 4) is 0 Å². The van der Waals surface area contributed by atoms with Crippen LogP contribution in [0.4, 0.5) is 18.9 Å². The molecule has 20 heavy (non-hydrogen) atoms. The highest BCUT2D eigenvalue weighted by molar-refractivity contribution is 5.94. The Balaban J connectivity index is 1.86. The SMILES string of the molecule is O=C(/C=C/N1CCN(c2ccccc2)CC1)C(F)(F)F. The van der Waals surface area contributed by atoms with Crippen LogP contribution in [-0.4, -0.2) is 43.0 Å². The van der Waals surface area contributed by atoms with E-state index in [1.54, 1.807) is 4.90 Å². The van der Waals surface area contributed by atoms with Crippen LogP contribution < -0.4 is 4.90 Å². The molecule has 6 heteroatoms. The molecule has 1 aromatic rings. The molecule has 0 saturated carbocycles. The molecule has 0 aliphatic carbocycles. The van der Waals surface area contributed by atoms with Gasteiger partial charge in [-0.3, -0.25) is 4.79 Å². The van der Waals surface area contributed by atoms with Gasteiger partial charge >= 0.3 is 6.18 Å². The van der Waals surface area contributed by atoms with Crippen molar-refractivity contribution in [2.75, 3.05) is 31.1 Å². The van der Waals surface area contributed by atoms with Gasteiger partial charge in [0.05, 0.1) is 0 Å². The van der Waals surface area contributed by atoms with E-state index in [2.05, 4.69) is 4.90 Å². The molecule has 0 N–H and O–H groups in total. The lowest BCUT2D eigenvalue weighted by molar-refractivity contribution is -0.165. The number of allylic oxidation sites excluding steroid dienone is 1. The first-order chi connectivity index (χ1) is 9.47. The second-order valence-electron chi connectivity index (χ2n) is 4.54. The number of carbonyl (C=O) groups excluding carboxylic acids is 1. The number of rotatable bonds is 3. The van der Waals surface area contributed by atoms with Gasteiger partial charge in [-0.15, -0.1) is 0 Å². The maximum Gasteiger partial charge on any atom is 0.454 e. The number of halogens is 3.